The maximum absolute atomic E-state index is 10.0. The summed E-state index contributed by atoms with van der Waals surface area (Å²) in [5.74, 6) is -0.749. The number of nitrogens with zero attached hydrogens (tertiary/aromatic N) is 1. The molecule has 0 spiro atoms. The molecule has 0 unspecified atom stereocenters. The van der Waals surface area contributed by atoms with E-state index in [9.17, 15) is 4.79 Å². The Morgan fingerprint density at radius 2 is 2.09 bits per heavy atom. The Labute approximate surface area is 65.5 Å². The topological polar surface area (TPSA) is 69.9 Å². The summed E-state index contributed by atoms with van der Waals surface area (Å²) in [6, 6.07) is 0. The number of oxime groups is 1. The zero-order chi connectivity index (χ0) is 8.53. The van der Waals surface area contributed by atoms with Crippen LogP contribution in [-0.2, 0) is 4.79 Å². The summed E-state index contributed by atoms with van der Waals surface area (Å²) in [4.78, 5) is 10.0. The number of aliphatic carboxylic acids is 1. The fourth-order valence-corrected chi connectivity index (χ4v) is 0.746. The second-order valence-corrected chi connectivity index (χ2v) is 2.29. The van der Waals surface area contributed by atoms with Crippen LogP contribution in [0.2, 0.25) is 0 Å². The molecule has 0 aliphatic heterocycles. The molecule has 0 aromatic heterocycles. The fraction of sp³-hybridized carbons (Fsp3) is 0.714. The smallest absolute Gasteiger partial charge is 0.303 e. The molecular weight excluding hydrogens is 146 g/mol. The molecule has 2 N–H and O–H groups in total. The molecule has 0 aromatic rings. The number of hydrogen-bond donors (Lipinski definition) is 2. The van der Waals surface area contributed by atoms with Crippen molar-refractivity contribution in [2.75, 3.05) is 0 Å². The third-order valence-electron chi connectivity index (χ3n) is 1.31. The van der Waals surface area contributed by atoms with Crippen molar-refractivity contribution in [3.63, 3.8) is 0 Å². The summed E-state index contributed by atoms with van der Waals surface area (Å²) < 4.78 is 0. The van der Waals surface area contributed by atoms with E-state index in [4.69, 9.17) is 10.3 Å². The first-order chi connectivity index (χ1) is 5.27. The van der Waals surface area contributed by atoms with E-state index in [2.05, 4.69) is 5.16 Å². The van der Waals surface area contributed by atoms with Crippen LogP contribution in [0.15, 0.2) is 5.16 Å². The van der Waals surface area contributed by atoms with Crippen molar-refractivity contribution in [2.45, 2.75) is 32.1 Å². The van der Waals surface area contributed by atoms with E-state index in [0.717, 1.165) is 19.3 Å². The number of carboxylic acid groups (broad SMARTS) is 1. The normalized spacial score (nSPS) is 10.5. The molecule has 0 atom stereocenters. The lowest BCUT2D eigenvalue weighted by molar-refractivity contribution is -0.137. The molecule has 11 heavy (non-hydrogen) atoms. The van der Waals surface area contributed by atoms with E-state index in [1.165, 1.54) is 6.21 Å². The molecule has 0 bridgehead atoms. The van der Waals surface area contributed by atoms with Crippen molar-refractivity contribution in [1.82, 2.24) is 0 Å². The van der Waals surface area contributed by atoms with Gasteiger partial charge in [0.25, 0.3) is 0 Å². The van der Waals surface area contributed by atoms with Gasteiger partial charge < -0.3 is 10.3 Å². The maximum atomic E-state index is 10.0. The largest absolute Gasteiger partial charge is 0.481 e. The van der Waals surface area contributed by atoms with Crippen LogP contribution in [0.1, 0.15) is 32.1 Å². The number of carboxylic acids is 1. The minimum Gasteiger partial charge on any atom is -0.481 e. The monoisotopic (exact) mass is 159 g/mol. The third-order valence-corrected chi connectivity index (χ3v) is 1.31. The first kappa shape index (κ1) is 9.94. The van der Waals surface area contributed by atoms with Gasteiger partial charge in [0.15, 0.2) is 0 Å². The first-order valence-corrected chi connectivity index (χ1v) is 3.65. The molecular formula is C7H13NO3. The summed E-state index contributed by atoms with van der Waals surface area (Å²) in [7, 11) is 0. The maximum Gasteiger partial charge on any atom is 0.303 e. The zero-order valence-electron chi connectivity index (χ0n) is 6.36. The number of hydrogen-bond acceptors (Lipinski definition) is 3. The second kappa shape index (κ2) is 7.05. The number of carbonyl (C=O) groups is 1. The Kier molecular flexibility index (Phi) is 6.37. The van der Waals surface area contributed by atoms with Gasteiger partial charge in [-0.05, 0) is 19.3 Å². The van der Waals surface area contributed by atoms with E-state index in [-0.39, 0.29) is 6.42 Å². The molecule has 0 radical (unpaired) electrons. The van der Waals surface area contributed by atoms with Gasteiger partial charge in [0, 0.05) is 12.6 Å². The highest BCUT2D eigenvalue weighted by atomic mass is 16.4. The molecule has 0 aliphatic carbocycles. The summed E-state index contributed by atoms with van der Waals surface area (Å²) in [6.45, 7) is 0. The van der Waals surface area contributed by atoms with Crippen LogP contribution in [0.5, 0.6) is 0 Å². The molecule has 0 saturated heterocycles. The molecule has 0 fully saturated rings. The summed E-state index contributed by atoms with van der Waals surface area (Å²) in [5.41, 5.74) is 0. The van der Waals surface area contributed by atoms with Gasteiger partial charge in [-0.1, -0.05) is 6.42 Å². The van der Waals surface area contributed by atoms with Gasteiger partial charge in [-0.25, -0.2) is 0 Å². The molecule has 0 rings (SSSR count). The lowest BCUT2D eigenvalue weighted by Gasteiger charge is -1.93. The number of rotatable bonds is 6. The van der Waals surface area contributed by atoms with E-state index >= 15 is 0 Å². The fourth-order valence-electron chi connectivity index (χ4n) is 0.746. The average Bonchev–Trinajstić information content (AvgIpc) is 1.96. The van der Waals surface area contributed by atoms with Crippen LogP contribution in [0.25, 0.3) is 0 Å². The van der Waals surface area contributed by atoms with E-state index < -0.39 is 5.97 Å². The Morgan fingerprint density at radius 3 is 2.64 bits per heavy atom. The van der Waals surface area contributed by atoms with Crippen molar-refractivity contribution in [2.24, 2.45) is 5.16 Å². The van der Waals surface area contributed by atoms with Crippen molar-refractivity contribution >= 4 is 12.2 Å². The zero-order valence-corrected chi connectivity index (χ0v) is 6.36. The van der Waals surface area contributed by atoms with Gasteiger partial charge in [-0.15, -0.1) is 5.16 Å². The van der Waals surface area contributed by atoms with Gasteiger partial charge in [0.05, 0.1) is 0 Å². The molecule has 0 amide bonds. The van der Waals surface area contributed by atoms with Gasteiger partial charge in [-0.3, -0.25) is 4.79 Å². The summed E-state index contributed by atoms with van der Waals surface area (Å²) in [6.07, 6.45) is 4.83. The van der Waals surface area contributed by atoms with Gasteiger partial charge >= 0.3 is 5.97 Å². The summed E-state index contributed by atoms with van der Waals surface area (Å²) >= 11 is 0. The molecule has 64 valence electrons. The van der Waals surface area contributed by atoms with Gasteiger partial charge in [0.2, 0.25) is 0 Å². The molecule has 0 aromatic carbocycles. The lowest BCUT2D eigenvalue weighted by Crippen LogP contribution is -1.93. The molecule has 0 heterocycles. The van der Waals surface area contributed by atoms with Gasteiger partial charge in [-0.2, -0.15) is 0 Å². The van der Waals surface area contributed by atoms with Crippen LogP contribution in [0.4, 0.5) is 0 Å². The Morgan fingerprint density at radius 1 is 1.36 bits per heavy atom. The van der Waals surface area contributed by atoms with E-state index in [1.54, 1.807) is 0 Å². The Hall–Kier alpha value is -1.06. The Balaban J connectivity index is 2.96. The van der Waals surface area contributed by atoms with E-state index in [1.807, 2.05) is 0 Å². The SMILES string of the molecule is O=C(O)CCCCC/C=N/O. The standard InChI is InChI=1S/C7H13NO3/c9-7(10)5-3-1-2-4-6-8-11/h6,11H,1-5H2,(H,9,10)/b8-6+. The third kappa shape index (κ3) is 8.94. The average molecular weight is 159 g/mol. The van der Waals surface area contributed by atoms with Gasteiger partial charge in [0.1, 0.15) is 0 Å². The molecule has 4 heteroatoms. The molecule has 4 nitrogen and oxygen atoms in total. The highest BCUT2D eigenvalue weighted by Crippen LogP contribution is 2.01. The van der Waals surface area contributed by atoms with Crippen LogP contribution in [-0.4, -0.2) is 22.5 Å². The molecule has 0 saturated carbocycles. The van der Waals surface area contributed by atoms with Crippen LogP contribution < -0.4 is 0 Å². The lowest BCUT2D eigenvalue weighted by atomic mass is 10.1. The van der Waals surface area contributed by atoms with Crippen LogP contribution in [0.3, 0.4) is 0 Å². The van der Waals surface area contributed by atoms with E-state index in [0.29, 0.717) is 6.42 Å². The predicted molar refractivity (Wildman–Crippen MR) is 41.0 cm³/mol. The van der Waals surface area contributed by atoms with Crippen LogP contribution in [0, 0.1) is 0 Å². The first-order valence-electron chi connectivity index (χ1n) is 3.65. The van der Waals surface area contributed by atoms with Crippen molar-refractivity contribution in [1.29, 1.82) is 0 Å². The minimum absolute atomic E-state index is 0.232. The highest BCUT2D eigenvalue weighted by Gasteiger charge is 1.94. The quantitative estimate of drug-likeness (QED) is 0.267. The predicted octanol–water partition coefficient (Wildman–Crippen LogP) is 1.48. The van der Waals surface area contributed by atoms with Crippen molar-refractivity contribution in [3.8, 4) is 0 Å². The Bertz CT molecular complexity index is 134. The second-order valence-electron chi connectivity index (χ2n) is 2.29. The minimum atomic E-state index is -0.749. The molecule has 0 aliphatic rings. The van der Waals surface area contributed by atoms with Crippen LogP contribution >= 0.6 is 0 Å². The highest BCUT2D eigenvalue weighted by molar-refractivity contribution is 5.66. The summed E-state index contributed by atoms with van der Waals surface area (Å²) in [5, 5.41) is 19.1. The van der Waals surface area contributed by atoms with Crippen molar-refractivity contribution < 1.29 is 15.1 Å². The number of unbranched alkanes of at least 4 members (excludes halogenated alkanes) is 3. The van der Waals surface area contributed by atoms with Crippen molar-refractivity contribution in [3.05, 3.63) is 0 Å².